The fourth-order valence-corrected chi connectivity index (χ4v) is 3.60. The molecular formula is C21H23F2NO6. The van der Waals surface area contributed by atoms with Crippen LogP contribution in [0.3, 0.4) is 0 Å². The molecule has 0 bridgehead atoms. The molecule has 0 saturated carbocycles. The molecule has 2 aromatic rings. The van der Waals surface area contributed by atoms with Crippen molar-refractivity contribution in [3.05, 3.63) is 53.1 Å². The molecule has 0 aromatic heterocycles. The van der Waals surface area contributed by atoms with Crippen molar-refractivity contribution >= 4 is 5.97 Å². The topological polar surface area (TPSA) is 88.5 Å². The van der Waals surface area contributed by atoms with E-state index in [0.717, 1.165) is 18.2 Å². The summed E-state index contributed by atoms with van der Waals surface area (Å²) in [5.74, 6) is -2.20. The first-order chi connectivity index (χ1) is 14.3. The van der Waals surface area contributed by atoms with Crippen molar-refractivity contribution in [1.29, 1.82) is 0 Å². The van der Waals surface area contributed by atoms with Gasteiger partial charge in [0.15, 0.2) is 11.5 Å². The van der Waals surface area contributed by atoms with Crippen molar-refractivity contribution in [2.45, 2.75) is 25.2 Å². The number of methoxy groups -OCH3 is 2. The Kier molecular flexibility index (Phi) is 6.73. The number of carboxylic acids is 1. The highest BCUT2D eigenvalue weighted by Gasteiger charge is 2.31. The van der Waals surface area contributed by atoms with E-state index >= 15 is 0 Å². The standard InChI is InChI=1S/C21H23F2NO6/c1-28-18-4-3-12(19(21(26)27)20(18)29-2)10-24-6-5-17(16(25)11-24)30-15-8-13(22)7-14(23)9-15/h3-4,7-9,16-17,25H,5-6,10-11H2,1-2H3,(H,26,27)/t16-,17-/m1/s1. The Morgan fingerprint density at radius 2 is 1.87 bits per heavy atom. The van der Waals surface area contributed by atoms with Crippen LogP contribution in [0.4, 0.5) is 8.78 Å². The van der Waals surface area contributed by atoms with E-state index in [2.05, 4.69) is 0 Å². The number of nitrogens with zero attached hydrogens (tertiary/aromatic N) is 1. The van der Waals surface area contributed by atoms with Crippen LogP contribution in [-0.4, -0.2) is 60.6 Å². The summed E-state index contributed by atoms with van der Waals surface area (Å²) >= 11 is 0. The molecule has 0 aliphatic carbocycles. The third-order valence-electron chi connectivity index (χ3n) is 4.97. The second kappa shape index (κ2) is 9.27. The zero-order valence-electron chi connectivity index (χ0n) is 16.6. The van der Waals surface area contributed by atoms with Crippen molar-refractivity contribution in [3.63, 3.8) is 0 Å². The lowest BCUT2D eigenvalue weighted by Gasteiger charge is -2.36. The van der Waals surface area contributed by atoms with E-state index in [9.17, 15) is 23.8 Å². The summed E-state index contributed by atoms with van der Waals surface area (Å²) in [6, 6.07) is 6.14. The number of aliphatic hydroxyl groups is 1. The van der Waals surface area contributed by atoms with Crippen LogP contribution >= 0.6 is 0 Å². The average Bonchev–Trinajstić information content (AvgIpc) is 2.68. The molecule has 1 heterocycles. The smallest absolute Gasteiger partial charge is 0.339 e. The van der Waals surface area contributed by atoms with Gasteiger partial charge >= 0.3 is 5.97 Å². The molecule has 30 heavy (non-hydrogen) atoms. The number of ether oxygens (including phenoxy) is 3. The van der Waals surface area contributed by atoms with Gasteiger partial charge in [-0.2, -0.15) is 0 Å². The summed E-state index contributed by atoms with van der Waals surface area (Å²) in [4.78, 5) is 13.7. The van der Waals surface area contributed by atoms with Crippen molar-refractivity contribution < 1.29 is 38.0 Å². The molecule has 1 fully saturated rings. The highest BCUT2D eigenvalue weighted by molar-refractivity contribution is 5.93. The molecule has 0 radical (unpaired) electrons. The number of piperidine rings is 1. The number of carboxylic acid groups (broad SMARTS) is 1. The van der Waals surface area contributed by atoms with Crippen molar-refractivity contribution in [1.82, 2.24) is 4.90 Å². The first-order valence-corrected chi connectivity index (χ1v) is 9.32. The molecule has 162 valence electrons. The third kappa shape index (κ3) is 4.80. The normalized spacial score (nSPS) is 19.4. The third-order valence-corrected chi connectivity index (χ3v) is 4.97. The number of hydrogen-bond acceptors (Lipinski definition) is 6. The molecule has 0 unspecified atom stereocenters. The molecular weight excluding hydrogens is 400 g/mol. The van der Waals surface area contributed by atoms with E-state index in [4.69, 9.17) is 14.2 Å². The quantitative estimate of drug-likeness (QED) is 0.708. The molecule has 1 aliphatic heterocycles. The van der Waals surface area contributed by atoms with Gasteiger partial charge in [0.05, 0.1) is 14.2 Å². The first-order valence-electron chi connectivity index (χ1n) is 9.32. The van der Waals surface area contributed by atoms with Crippen LogP contribution in [0.2, 0.25) is 0 Å². The molecule has 1 saturated heterocycles. The minimum atomic E-state index is -1.15. The number of likely N-dealkylation sites (tertiary alicyclic amines) is 1. The predicted molar refractivity (Wildman–Crippen MR) is 103 cm³/mol. The van der Waals surface area contributed by atoms with Gasteiger partial charge in [0.25, 0.3) is 0 Å². The Hall–Kier alpha value is -2.91. The fourth-order valence-electron chi connectivity index (χ4n) is 3.60. The van der Waals surface area contributed by atoms with Crippen LogP contribution in [0.15, 0.2) is 30.3 Å². The molecule has 2 N–H and O–H groups in total. The summed E-state index contributed by atoms with van der Waals surface area (Å²) in [6.45, 7) is 0.961. The minimum Gasteiger partial charge on any atom is -0.493 e. The number of β-amino-alcohol motifs (C(OH)–C–C–N with tert-alkyl or cyclic N) is 1. The SMILES string of the molecule is COc1ccc(CN2CC[C@@H](Oc3cc(F)cc(F)c3)[C@H](O)C2)c(C(=O)O)c1OC. The lowest BCUT2D eigenvalue weighted by Crippen LogP contribution is -2.48. The van der Waals surface area contributed by atoms with Crippen molar-refractivity contribution in [2.24, 2.45) is 0 Å². The fraction of sp³-hybridized carbons (Fsp3) is 0.381. The number of halogens is 2. The number of rotatable bonds is 7. The zero-order chi connectivity index (χ0) is 21.8. The van der Waals surface area contributed by atoms with Crippen LogP contribution in [-0.2, 0) is 6.54 Å². The number of aromatic carboxylic acids is 1. The summed E-state index contributed by atoms with van der Waals surface area (Å²) in [6.07, 6.45) is -1.15. The van der Waals surface area contributed by atoms with Gasteiger partial charge in [0, 0.05) is 37.8 Å². The highest BCUT2D eigenvalue weighted by atomic mass is 19.1. The van der Waals surface area contributed by atoms with Gasteiger partial charge in [-0.15, -0.1) is 0 Å². The average molecular weight is 423 g/mol. The Morgan fingerprint density at radius 1 is 1.17 bits per heavy atom. The van der Waals surface area contributed by atoms with Crippen LogP contribution in [0.1, 0.15) is 22.3 Å². The largest absolute Gasteiger partial charge is 0.493 e. The monoisotopic (exact) mass is 423 g/mol. The maximum absolute atomic E-state index is 13.3. The molecule has 2 atom stereocenters. The van der Waals surface area contributed by atoms with Gasteiger partial charge in [0.2, 0.25) is 0 Å². The van der Waals surface area contributed by atoms with Gasteiger partial charge in [0.1, 0.15) is 35.2 Å². The summed E-state index contributed by atoms with van der Waals surface area (Å²) in [7, 11) is 2.80. The summed E-state index contributed by atoms with van der Waals surface area (Å²) in [5.41, 5.74) is 0.513. The predicted octanol–water partition coefficient (Wildman–Crippen LogP) is 2.69. The second-order valence-electron chi connectivity index (χ2n) is 6.99. The van der Waals surface area contributed by atoms with Crippen molar-refractivity contribution in [2.75, 3.05) is 27.3 Å². The lowest BCUT2D eigenvalue weighted by molar-refractivity contribution is -0.0277. The minimum absolute atomic E-state index is 0.0000470. The summed E-state index contributed by atoms with van der Waals surface area (Å²) in [5, 5.41) is 20.1. The van der Waals surface area contributed by atoms with Gasteiger partial charge < -0.3 is 24.4 Å². The van der Waals surface area contributed by atoms with Gasteiger partial charge in [-0.05, 0) is 18.1 Å². The first kappa shape index (κ1) is 21.8. The summed E-state index contributed by atoms with van der Waals surface area (Å²) < 4.78 is 42.7. The van der Waals surface area contributed by atoms with E-state index in [-0.39, 0.29) is 30.2 Å². The molecule has 2 aromatic carbocycles. The van der Waals surface area contributed by atoms with Gasteiger partial charge in [-0.1, -0.05) is 6.07 Å². The molecule has 0 amide bonds. The van der Waals surface area contributed by atoms with Crippen LogP contribution in [0, 0.1) is 11.6 Å². The Bertz CT molecular complexity index is 902. The Morgan fingerprint density at radius 3 is 2.43 bits per heavy atom. The van der Waals surface area contributed by atoms with Crippen LogP contribution in [0.25, 0.3) is 0 Å². The number of aliphatic hydroxyl groups excluding tert-OH is 1. The lowest BCUT2D eigenvalue weighted by atomic mass is 10.0. The zero-order valence-corrected chi connectivity index (χ0v) is 16.6. The molecule has 1 aliphatic rings. The maximum Gasteiger partial charge on any atom is 0.339 e. The molecule has 7 nitrogen and oxygen atoms in total. The number of hydrogen-bond donors (Lipinski definition) is 2. The van der Waals surface area contributed by atoms with E-state index in [1.165, 1.54) is 14.2 Å². The number of benzene rings is 2. The number of carbonyl (C=O) groups is 1. The van der Waals surface area contributed by atoms with E-state index in [1.54, 1.807) is 12.1 Å². The molecule has 0 spiro atoms. The van der Waals surface area contributed by atoms with E-state index in [0.29, 0.717) is 24.3 Å². The molecule has 3 rings (SSSR count). The Labute approximate surface area is 172 Å². The Balaban J connectivity index is 1.71. The second-order valence-corrected chi connectivity index (χ2v) is 6.99. The van der Waals surface area contributed by atoms with E-state index < -0.39 is 29.8 Å². The van der Waals surface area contributed by atoms with Crippen molar-refractivity contribution in [3.8, 4) is 17.2 Å². The van der Waals surface area contributed by atoms with E-state index in [1.807, 2.05) is 4.90 Å². The molecule has 9 heteroatoms. The van der Waals surface area contributed by atoms with Gasteiger partial charge in [-0.3, -0.25) is 4.90 Å². The van der Waals surface area contributed by atoms with Crippen LogP contribution < -0.4 is 14.2 Å². The van der Waals surface area contributed by atoms with Crippen LogP contribution in [0.5, 0.6) is 17.2 Å². The maximum atomic E-state index is 13.3. The van der Waals surface area contributed by atoms with Gasteiger partial charge in [-0.25, -0.2) is 13.6 Å². The highest BCUT2D eigenvalue weighted by Crippen LogP contribution is 2.34.